The monoisotopic (exact) mass is 491 g/mol. The van der Waals surface area contributed by atoms with Crippen molar-refractivity contribution in [3.63, 3.8) is 0 Å². The number of hydrogen-bond donors (Lipinski definition) is 2. The molecule has 0 bridgehead atoms. The molecule has 2 aromatic heterocycles. The van der Waals surface area contributed by atoms with Crippen molar-refractivity contribution in [3.8, 4) is 16.8 Å². The highest BCUT2D eigenvalue weighted by atomic mass is 32.2. The van der Waals surface area contributed by atoms with Gasteiger partial charge < -0.3 is 9.30 Å². The normalized spacial score (nSPS) is 15.3. The molecule has 3 aromatic carbocycles. The maximum absolute atomic E-state index is 13.9. The van der Waals surface area contributed by atoms with Gasteiger partial charge in [-0.1, -0.05) is 18.2 Å². The zero-order valence-corrected chi connectivity index (χ0v) is 19.4. The van der Waals surface area contributed by atoms with E-state index in [1.807, 2.05) is 12.1 Å². The molecule has 5 aromatic rings. The van der Waals surface area contributed by atoms with Gasteiger partial charge in [0.2, 0.25) is 0 Å². The third kappa shape index (κ3) is 3.72. The number of nitrogens with zero attached hydrogens (tertiary/aromatic N) is 2. The van der Waals surface area contributed by atoms with Gasteiger partial charge in [-0.2, -0.15) is 13.5 Å². The number of benzene rings is 3. The van der Waals surface area contributed by atoms with Crippen molar-refractivity contribution in [1.82, 2.24) is 14.8 Å². The van der Waals surface area contributed by atoms with E-state index in [4.69, 9.17) is 4.74 Å². The Morgan fingerprint density at radius 3 is 2.54 bits per heavy atom. The van der Waals surface area contributed by atoms with Crippen molar-refractivity contribution in [2.45, 2.75) is 23.7 Å². The molecule has 35 heavy (non-hydrogen) atoms. The number of nitrogens with one attached hydrogen (secondary N) is 1. The van der Waals surface area contributed by atoms with Crippen LogP contribution in [0.4, 0.5) is 4.39 Å². The minimum Gasteiger partial charge on any atom is -0.381 e. The number of hydrogen-bond acceptors (Lipinski definition) is 4. The Morgan fingerprint density at radius 2 is 1.80 bits per heavy atom. The fourth-order valence-corrected chi connectivity index (χ4v) is 5.85. The van der Waals surface area contributed by atoms with Crippen LogP contribution in [-0.4, -0.2) is 40.9 Å². The molecule has 0 atom stereocenters. The summed E-state index contributed by atoms with van der Waals surface area (Å²) in [6.07, 6.45) is 3.23. The Balaban J connectivity index is 1.80. The summed E-state index contributed by atoms with van der Waals surface area (Å²) >= 11 is 0. The van der Waals surface area contributed by atoms with E-state index in [1.165, 1.54) is 18.2 Å². The van der Waals surface area contributed by atoms with Crippen LogP contribution in [0.1, 0.15) is 24.5 Å². The highest BCUT2D eigenvalue weighted by Gasteiger charge is 2.30. The molecule has 178 valence electrons. The quantitative estimate of drug-likeness (QED) is 0.326. The second-order valence-electron chi connectivity index (χ2n) is 8.76. The standard InChI is InChI=1S/C26H22FN3O4S/c27-18-5-7-19(8-6-18)30-23-13-17-15-28-29-22(17)14-21(23)25(26(30)16-9-11-34-12-10-16)20-3-1-2-4-24(20)35(31,32)33/h1-8,13-16H,9-12H2,(H,28,29)(H,31,32,33). The Labute approximate surface area is 200 Å². The summed E-state index contributed by atoms with van der Waals surface area (Å²) in [5, 5.41) is 8.85. The van der Waals surface area contributed by atoms with Gasteiger partial charge in [0.1, 0.15) is 10.7 Å². The third-order valence-corrected chi connectivity index (χ3v) is 7.60. The summed E-state index contributed by atoms with van der Waals surface area (Å²) in [4.78, 5) is -0.156. The smallest absolute Gasteiger partial charge is 0.295 e. The minimum atomic E-state index is -4.49. The van der Waals surface area contributed by atoms with Gasteiger partial charge in [-0.05, 0) is 55.3 Å². The number of H-pyrrole nitrogens is 1. The highest BCUT2D eigenvalue weighted by Crippen LogP contribution is 2.46. The van der Waals surface area contributed by atoms with Crippen LogP contribution < -0.4 is 0 Å². The van der Waals surface area contributed by atoms with Crippen LogP contribution in [0.15, 0.2) is 71.8 Å². The highest BCUT2D eigenvalue weighted by molar-refractivity contribution is 7.86. The van der Waals surface area contributed by atoms with E-state index in [0.29, 0.717) is 18.8 Å². The van der Waals surface area contributed by atoms with Crippen molar-refractivity contribution in [1.29, 1.82) is 0 Å². The number of aromatic nitrogens is 3. The molecule has 9 heteroatoms. The van der Waals surface area contributed by atoms with Crippen LogP contribution in [0.25, 0.3) is 38.6 Å². The second-order valence-corrected chi connectivity index (χ2v) is 10.1. The Bertz CT molecular complexity index is 1670. The van der Waals surface area contributed by atoms with E-state index in [9.17, 15) is 17.4 Å². The van der Waals surface area contributed by atoms with Crippen LogP contribution in [0.5, 0.6) is 0 Å². The molecule has 0 spiro atoms. The summed E-state index contributed by atoms with van der Waals surface area (Å²) in [5.74, 6) is -0.283. The van der Waals surface area contributed by atoms with E-state index in [0.717, 1.165) is 51.6 Å². The molecule has 0 saturated carbocycles. The molecule has 6 rings (SSSR count). The summed E-state index contributed by atoms with van der Waals surface area (Å²) in [6, 6.07) is 16.7. The first-order valence-electron chi connectivity index (χ1n) is 11.3. The molecule has 1 fully saturated rings. The average molecular weight is 492 g/mol. The van der Waals surface area contributed by atoms with Crippen LogP contribution in [0.3, 0.4) is 0 Å². The van der Waals surface area contributed by atoms with Crippen LogP contribution in [0, 0.1) is 5.82 Å². The maximum Gasteiger partial charge on any atom is 0.295 e. The molecule has 1 aliphatic rings. The molecule has 0 radical (unpaired) electrons. The first kappa shape index (κ1) is 22.0. The zero-order chi connectivity index (χ0) is 24.2. The Morgan fingerprint density at radius 1 is 1.06 bits per heavy atom. The average Bonchev–Trinajstić information content (AvgIpc) is 3.45. The molecule has 0 unspecified atom stereocenters. The van der Waals surface area contributed by atoms with Gasteiger partial charge in [-0.3, -0.25) is 9.65 Å². The molecule has 1 saturated heterocycles. The predicted molar refractivity (Wildman–Crippen MR) is 131 cm³/mol. The largest absolute Gasteiger partial charge is 0.381 e. The topological polar surface area (TPSA) is 97.2 Å². The molecule has 0 aliphatic carbocycles. The molecular weight excluding hydrogens is 469 g/mol. The van der Waals surface area contributed by atoms with Crippen molar-refractivity contribution in [3.05, 3.63) is 78.4 Å². The van der Waals surface area contributed by atoms with Crippen LogP contribution in [-0.2, 0) is 14.9 Å². The summed E-state index contributed by atoms with van der Waals surface area (Å²) < 4.78 is 56.5. The Kier molecular flexibility index (Phi) is 5.21. The fraction of sp³-hybridized carbons (Fsp3) is 0.192. The van der Waals surface area contributed by atoms with Crippen molar-refractivity contribution in [2.24, 2.45) is 0 Å². The van der Waals surface area contributed by atoms with Crippen LogP contribution >= 0.6 is 0 Å². The SMILES string of the molecule is O=S(=O)(O)c1ccccc1-c1c(C2CCOCC2)n(-c2ccc(F)cc2)c2cc3cn[nH]c3cc12. The summed E-state index contributed by atoms with van der Waals surface area (Å²) in [6.45, 7) is 1.17. The summed E-state index contributed by atoms with van der Waals surface area (Å²) in [5.41, 5.74) is 4.45. The van der Waals surface area contributed by atoms with Gasteiger partial charge in [0, 0.05) is 52.4 Å². The van der Waals surface area contributed by atoms with Gasteiger partial charge in [0.15, 0.2) is 0 Å². The van der Waals surface area contributed by atoms with E-state index >= 15 is 0 Å². The van der Waals surface area contributed by atoms with Gasteiger partial charge in [-0.25, -0.2) is 4.39 Å². The van der Waals surface area contributed by atoms with Crippen molar-refractivity contribution >= 4 is 31.9 Å². The Hall–Kier alpha value is -3.53. The third-order valence-electron chi connectivity index (χ3n) is 6.69. The lowest BCUT2D eigenvalue weighted by atomic mass is 9.90. The molecule has 0 amide bonds. The number of ether oxygens (including phenoxy) is 1. The summed E-state index contributed by atoms with van der Waals surface area (Å²) in [7, 11) is -4.49. The first-order chi connectivity index (χ1) is 16.9. The number of fused-ring (bicyclic) bond motifs is 2. The number of halogens is 1. The van der Waals surface area contributed by atoms with Crippen molar-refractivity contribution < 1.29 is 22.1 Å². The van der Waals surface area contributed by atoms with E-state index < -0.39 is 10.1 Å². The van der Waals surface area contributed by atoms with E-state index in [-0.39, 0.29) is 16.6 Å². The lowest BCUT2D eigenvalue weighted by Crippen LogP contribution is -2.17. The van der Waals surface area contributed by atoms with Crippen molar-refractivity contribution in [2.75, 3.05) is 13.2 Å². The first-order valence-corrected chi connectivity index (χ1v) is 12.8. The number of rotatable bonds is 4. The lowest BCUT2D eigenvalue weighted by Gasteiger charge is -2.26. The van der Waals surface area contributed by atoms with E-state index in [2.05, 4.69) is 14.8 Å². The maximum atomic E-state index is 13.9. The number of aromatic amines is 1. The minimum absolute atomic E-state index is 0.0575. The van der Waals surface area contributed by atoms with Gasteiger partial charge in [0.05, 0.1) is 17.2 Å². The van der Waals surface area contributed by atoms with Crippen LogP contribution in [0.2, 0.25) is 0 Å². The fourth-order valence-electron chi connectivity index (χ4n) is 5.15. The molecule has 2 N–H and O–H groups in total. The van der Waals surface area contributed by atoms with Gasteiger partial charge in [-0.15, -0.1) is 0 Å². The zero-order valence-electron chi connectivity index (χ0n) is 18.6. The lowest BCUT2D eigenvalue weighted by molar-refractivity contribution is 0.0843. The predicted octanol–water partition coefficient (Wildman–Crippen LogP) is 5.45. The molecule has 1 aliphatic heterocycles. The van der Waals surface area contributed by atoms with Gasteiger partial charge >= 0.3 is 0 Å². The molecule has 3 heterocycles. The van der Waals surface area contributed by atoms with E-state index in [1.54, 1.807) is 36.5 Å². The van der Waals surface area contributed by atoms with Gasteiger partial charge in [0.25, 0.3) is 10.1 Å². The molecular formula is C26H22FN3O4S. The molecule has 7 nitrogen and oxygen atoms in total. The second kappa shape index (κ2) is 8.30.